The minimum Gasteiger partial charge on any atom is -0.345 e. The Labute approximate surface area is 193 Å². The van der Waals surface area contributed by atoms with E-state index in [1.165, 1.54) is 17.7 Å². The fraction of sp³-hybridized carbons (Fsp3) is 0.240. The normalized spacial score (nSPS) is 15.7. The molecule has 2 N–H and O–H groups in total. The Morgan fingerprint density at radius 1 is 1.03 bits per heavy atom. The molecule has 0 unspecified atom stereocenters. The lowest BCUT2D eigenvalue weighted by Gasteiger charge is -2.26. The predicted octanol–water partition coefficient (Wildman–Crippen LogP) is 5.57. The zero-order valence-electron chi connectivity index (χ0n) is 18.0. The van der Waals surface area contributed by atoms with Gasteiger partial charge in [0, 0.05) is 5.56 Å². The number of halogens is 1. The lowest BCUT2D eigenvalue weighted by atomic mass is 9.87. The lowest BCUT2D eigenvalue weighted by molar-refractivity contribution is 0.0932. The number of fused-ring (bicyclic) bond motifs is 1. The first-order valence-corrected chi connectivity index (χ1v) is 12.4. The number of hydrogen-bond donors (Lipinski definition) is 2. The second-order valence-electron chi connectivity index (χ2n) is 8.19. The van der Waals surface area contributed by atoms with Gasteiger partial charge in [0.15, 0.2) is 0 Å². The van der Waals surface area contributed by atoms with E-state index in [9.17, 15) is 13.2 Å². The minimum absolute atomic E-state index is 0.0577. The Kier molecular flexibility index (Phi) is 6.26. The van der Waals surface area contributed by atoms with Gasteiger partial charge in [-0.25, -0.2) is 8.42 Å². The van der Waals surface area contributed by atoms with Gasteiger partial charge in [-0.15, -0.1) is 0 Å². The topological polar surface area (TPSA) is 75.3 Å². The van der Waals surface area contributed by atoms with E-state index in [-0.39, 0.29) is 27.4 Å². The van der Waals surface area contributed by atoms with Gasteiger partial charge in [-0.1, -0.05) is 48.0 Å². The molecule has 0 saturated carbocycles. The van der Waals surface area contributed by atoms with Crippen LogP contribution in [-0.2, 0) is 16.4 Å². The first-order chi connectivity index (χ1) is 15.2. The number of anilines is 1. The van der Waals surface area contributed by atoms with E-state index in [1.54, 1.807) is 12.1 Å². The van der Waals surface area contributed by atoms with E-state index in [1.807, 2.05) is 44.2 Å². The maximum Gasteiger partial charge on any atom is 0.263 e. The van der Waals surface area contributed by atoms with Gasteiger partial charge < -0.3 is 5.32 Å². The molecule has 3 aromatic carbocycles. The highest BCUT2D eigenvalue weighted by Crippen LogP contribution is 2.31. The highest BCUT2D eigenvalue weighted by Gasteiger charge is 2.24. The summed E-state index contributed by atoms with van der Waals surface area (Å²) in [4.78, 5) is 12.9. The summed E-state index contributed by atoms with van der Waals surface area (Å²) in [6.45, 7) is 3.71. The third-order valence-electron chi connectivity index (χ3n) is 5.80. The molecule has 0 saturated heterocycles. The number of rotatable bonds is 5. The van der Waals surface area contributed by atoms with Crippen molar-refractivity contribution in [3.63, 3.8) is 0 Å². The van der Waals surface area contributed by atoms with Crippen LogP contribution >= 0.6 is 11.6 Å². The number of sulfonamides is 1. The van der Waals surface area contributed by atoms with Crippen LogP contribution in [0.25, 0.3) is 0 Å². The van der Waals surface area contributed by atoms with Crippen LogP contribution < -0.4 is 10.0 Å². The molecular formula is C25H25ClN2O3S. The van der Waals surface area contributed by atoms with Crippen LogP contribution in [0, 0.1) is 13.8 Å². The average Bonchev–Trinajstić information content (AvgIpc) is 2.76. The highest BCUT2D eigenvalue weighted by molar-refractivity contribution is 7.92. The SMILES string of the molecule is Cc1ccc(C)c(NS(=O)(=O)c2cc(C(=O)N[C@H]3CCCc4ccccc43)ccc2Cl)c1. The number of hydrogen-bond acceptors (Lipinski definition) is 3. The van der Waals surface area contributed by atoms with E-state index in [4.69, 9.17) is 11.6 Å². The number of aryl methyl sites for hydroxylation is 3. The smallest absolute Gasteiger partial charge is 0.263 e. The van der Waals surface area contributed by atoms with Crippen LogP contribution in [0.1, 0.15) is 51.5 Å². The second kappa shape index (κ2) is 8.96. The maximum atomic E-state index is 13.1. The van der Waals surface area contributed by atoms with Crippen molar-refractivity contribution in [2.75, 3.05) is 4.72 Å². The van der Waals surface area contributed by atoms with E-state index >= 15 is 0 Å². The quantitative estimate of drug-likeness (QED) is 0.514. The van der Waals surface area contributed by atoms with Gasteiger partial charge in [-0.3, -0.25) is 9.52 Å². The third-order valence-corrected chi connectivity index (χ3v) is 7.64. The van der Waals surface area contributed by atoms with Crippen LogP contribution in [0.4, 0.5) is 5.69 Å². The average molecular weight is 469 g/mol. The molecule has 4 rings (SSSR count). The molecule has 1 amide bonds. The van der Waals surface area contributed by atoms with Crippen LogP contribution in [0.3, 0.4) is 0 Å². The molecule has 1 atom stereocenters. The molecule has 0 heterocycles. The Morgan fingerprint density at radius 3 is 2.62 bits per heavy atom. The number of benzene rings is 3. The first kappa shape index (κ1) is 22.4. The summed E-state index contributed by atoms with van der Waals surface area (Å²) in [7, 11) is -3.98. The summed E-state index contributed by atoms with van der Waals surface area (Å²) in [5.41, 5.74) is 4.81. The zero-order chi connectivity index (χ0) is 22.9. The van der Waals surface area contributed by atoms with Crippen molar-refractivity contribution < 1.29 is 13.2 Å². The predicted molar refractivity (Wildman–Crippen MR) is 128 cm³/mol. The Hall–Kier alpha value is -2.83. The van der Waals surface area contributed by atoms with Crippen molar-refractivity contribution in [1.82, 2.24) is 5.32 Å². The zero-order valence-corrected chi connectivity index (χ0v) is 19.6. The Balaban J connectivity index is 1.60. The van der Waals surface area contributed by atoms with Crippen LogP contribution in [0.5, 0.6) is 0 Å². The summed E-state index contributed by atoms with van der Waals surface area (Å²) in [6.07, 6.45) is 2.83. The molecule has 7 heteroatoms. The number of nitrogens with one attached hydrogen (secondary N) is 2. The highest BCUT2D eigenvalue weighted by atomic mass is 35.5. The number of amides is 1. The van der Waals surface area contributed by atoms with Crippen LogP contribution in [0.2, 0.25) is 5.02 Å². The Morgan fingerprint density at radius 2 is 1.81 bits per heavy atom. The molecule has 1 aliphatic rings. The molecule has 0 spiro atoms. The van der Waals surface area contributed by atoms with Crippen molar-refractivity contribution in [2.45, 2.75) is 44.0 Å². The molecule has 1 aliphatic carbocycles. The molecule has 0 bridgehead atoms. The van der Waals surface area contributed by atoms with Gasteiger partial charge in [0.05, 0.1) is 16.8 Å². The van der Waals surface area contributed by atoms with Crippen molar-refractivity contribution in [1.29, 1.82) is 0 Å². The van der Waals surface area contributed by atoms with E-state index in [0.717, 1.165) is 36.0 Å². The van der Waals surface area contributed by atoms with Crippen LogP contribution in [0.15, 0.2) is 65.6 Å². The molecule has 0 aromatic heterocycles. The van der Waals surface area contributed by atoms with E-state index in [0.29, 0.717) is 5.69 Å². The monoisotopic (exact) mass is 468 g/mol. The van der Waals surface area contributed by atoms with E-state index < -0.39 is 10.0 Å². The molecule has 0 radical (unpaired) electrons. The summed E-state index contributed by atoms with van der Waals surface area (Å²) in [5, 5.41) is 3.12. The Bertz CT molecular complexity index is 1290. The van der Waals surface area contributed by atoms with Gasteiger partial charge in [-0.2, -0.15) is 0 Å². The lowest BCUT2D eigenvalue weighted by Crippen LogP contribution is -2.31. The minimum atomic E-state index is -3.98. The summed E-state index contributed by atoms with van der Waals surface area (Å²) < 4.78 is 28.8. The van der Waals surface area contributed by atoms with Gasteiger partial charge in [-0.05, 0) is 79.6 Å². The van der Waals surface area contributed by atoms with Crippen molar-refractivity contribution in [3.8, 4) is 0 Å². The molecule has 3 aromatic rings. The summed E-state index contributed by atoms with van der Waals surface area (Å²) in [6, 6.07) is 17.8. The molecule has 32 heavy (non-hydrogen) atoms. The van der Waals surface area contributed by atoms with Gasteiger partial charge in [0.25, 0.3) is 15.9 Å². The van der Waals surface area contributed by atoms with Crippen molar-refractivity contribution >= 4 is 33.2 Å². The molecule has 166 valence electrons. The summed E-state index contributed by atoms with van der Waals surface area (Å²) in [5.74, 6) is -0.327. The molecular weight excluding hydrogens is 444 g/mol. The van der Waals surface area contributed by atoms with Crippen molar-refractivity contribution in [3.05, 3.63) is 93.5 Å². The first-order valence-electron chi connectivity index (χ1n) is 10.5. The molecule has 5 nitrogen and oxygen atoms in total. The maximum absolute atomic E-state index is 13.1. The molecule has 0 fully saturated rings. The van der Waals surface area contributed by atoms with Gasteiger partial charge in [0.1, 0.15) is 4.90 Å². The van der Waals surface area contributed by atoms with E-state index in [2.05, 4.69) is 16.1 Å². The van der Waals surface area contributed by atoms with Crippen molar-refractivity contribution in [2.24, 2.45) is 0 Å². The second-order valence-corrected chi connectivity index (χ2v) is 10.2. The third kappa shape index (κ3) is 4.66. The van der Waals surface area contributed by atoms with Gasteiger partial charge in [0.2, 0.25) is 0 Å². The number of carbonyl (C=O) groups is 1. The largest absolute Gasteiger partial charge is 0.345 e. The summed E-state index contributed by atoms with van der Waals surface area (Å²) >= 11 is 6.23. The fourth-order valence-electron chi connectivity index (χ4n) is 4.04. The van der Waals surface area contributed by atoms with Crippen LogP contribution in [-0.4, -0.2) is 14.3 Å². The standard InChI is InChI=1S/C25H25ClN2O3S/c1-16-10-11-17(2)23(14-16)28-32(30,31)24-15-19(12-13-21(24)26)25(29)27-22-9-5-7-18-6-3-4-8-20(18)22/h3-4,6,8,10-15,22,28H,5,7,9H2,1-2H3,(H,27,29)/t22-/m0/s1. The molecule has 0 aliphatic heterocycles. The van der Waals surface area contributed by atoms with Gasteiger partial charge >= 0.3 is 0 Å². The fourth-order valence-corrected chi connectivity index (χ4v) is 5.69. The number of carbonyl (C=O) groups excluding carboxylic acids is 1.